The van der Waals surface area contributed by atoms with Crippen molar-refractivity contribution in [3.63, 3.8) is 0 Å². The topological polar surface area (TPSA) is 72.9 Å². The summed E-state index contributed by atoms with van der Waals surface area (Å²) in [6.45, 7) is 1.80. The van der Waals surface area contributed by atoms with E-state index in [0.717, 1.165) is 4.90 Å². The molecule has 1 heterocycles. The van der Waals surface area contributed by atoms with Gasteiger partial charge < -0.3 is 11.1 Å². The third-order valence-corrected chi connectivity index (χ3v) is 4.26. The van der Waals surface area contributed by atoms with Crippen LogP contribution in [0.3, 0.4) is 0 Å². The Morgan fingerprint density at radius 3 is 2.76 bits per heavy atom. The molecule has 0 bridgehead atoms. The number of nitrogens with two attached hydrogens (primary N) is 1. The Kier molecular flexibility index (Phi) is 5.03. The number of hydrogen-bond donors (Lipinski definition) is 2. The van der Waals surface area contributed by atoms with E-state index in [1.807, 2.05) is 13.2 Å². The highest BCUT2D eigenvalue weighted by Crippen LogP contribution is 2.33. The van der Waals surface area contributed by atoms with E-state index in [9.17, 15) is 4.79 Å². The summed E-state index contributed by atoms with van der Waals surface area (Å²) in [4.78, 5) is 13.1. The molecule has 5 nitrogen and oxygen atoms in total. The first-order valence-electron chi connectivity index (χ1n) is 6.07. The molecule has 1 amide bonds. The third-order valence-electron chi connectivity index (χ3n) is 2.70. The van der Waals surface area contributed by atoms with Crippen LogP contribution in [0, 0.1) is 0 Å². The highest BCUT2D eigenvalue weighted by molar-refractivity contribution is 8.00. The van der Waals surface area contributed by atoms with Crippen LogP contribution in [-0.4, -0.2) is 20.9 Å². The van der Waals surface area contributed by atoms with Crippen LogP contribution in [0.1, 0.15) is 6.92 Å². The summed E-state index contributed by atoms with van der Waals surface area (Å²) in [6, 6.07) is 3.08. The molecule has 2 aromatic rings. The van der Waals surface area contributed by atoms with E-state index in [-0.39, 0.29) is 11.2 Å². The van der Waals surface area contributed by atoms with Gasteiger partial charge >= 0.3 is 0 Å². The predicted molar refractivity (Wildman–Crippen MR) is 88.0 cm³/mol. The number of nitrogen functional groups attached to an aromatic ring is 1. The molecule has 0 spiro atoms. The van der Waals surface area contributed by atoms with Crippen LogP contribution in [0.5, 0.6) is 0 Å². The van der Waals surface area contributed by atoms with Gasteiger partial charge in [-0.1, -0.05) is 23.2 Å². The molecule has 0 aliphatic carbocycles. The van der Waals surface area contributed by atoms with Crippen molar-refractivity contribution in [3.05, 3.63) is 34.6 Å². The molecule has 0 saturated carbocycles. The molecule has 1 atom stereocenters. The number of rotatable bonds is 4. The molecule has 0 radical (unpaired) electrons. The highest BCUT2D eigenvalue weighted by Gasteiger charge is 2.18. The van der Waals surface area contributed by atoms with Crippen molar-refractivity contribution in [1.29, 1.82) is 0 Å². The Labute approximate surface area is 136 Å². The predicted octanol–water partition coefficient (Wildman–Crippen LogP) is 3.43. The number of aryl methyl sites for hydroxylation is 1. The molecule has 112 valence electrons. The van der Waals surface area contributed by atoms with Gasteiger partial charge in [0.2, 0.25) is 5.91 Å². The summed E-state index contributed by atoms with van der Waals surface area (Å²) in [5, 5.41) is 7.21. The fraction of sp³-hybridized carbons (Fsp3) is 0.231. The van der Waals surface area contributed by atoms with Crippen molar-refractivity contribution in [1.82, 2.24) is 9.78 Å². The number of hydrogen-bond acceptors (Lipinski definition) is 4. The number of nitrogens with zero attached hydrogens (tertiary/aromatic N) is 2. The number of halogens is 2. The van der Waals surface area contributed by atoms with Crippen molar-refractivity contribution in [3.8, 4) is 0 Å². The van der Waals surface area contributed by atoms with Gasteiger partial charge in [-0.15, -0.1) is 11.8 Å². The molecule has 8 heteroatoms. The minimum atomic E-state index is -0.319. The van der Waals surface area contributed by atoms with Crippen LogP contribution < -0.4 is 11.1 Å². The molecule has 0 saturated heterocycles. The number of thioether (sulfide) groups is 1. The van der Waals surface area contributed by atoms with Gasteiger partial charge in [-0.05, 0) is 19.1 Å². The number of carbonyl (C=O) groups is 1. The van der Waals surface area contributed by atoms with Crippen molar-refractivity contribution in [2.24, 2.45) is 7.05 Å². The van der Waals surface area contributed by atoms with Gasteiger partial charge in [0.25, 0.3) is 0 Å². The summed E-state index contributed by atoms with van der Waals surface area (Å²) in [5.74, 6) is -0.195. The van der Waals surface area contributed by atoms with Crippen LogP contribution in [0.15, 0.2) is 29.4 Å². The summed E-state index contributed by atoms with van der Waals surface area (Å²) in [5.41, 5.74) is 6.53. The second kappa shape index (κ2) is 6.60. The normalized spacial score (nSPS) is 12.2. The molecule has 21 heavy (non-hydrogen) atoms. The monoisotopic (exact) mass is 344 g/mol. The lowest BCUT2D eigenvalue weighted by Crippen LogP contribution is -2.23. The van der Waals surface area contributed by atoms with Gasteiger partial charge in [0, 0.05) is 23.2 Å². The molecule has 1 aromatic heterocycles. The summed E-state index contributed by atoms with van der Waals surface area (Å²) in [6.07, 6.45) is 3.55. The largest absolute Gasteiger partial charge is 0.397 e. The fourth-order valence-corrected chi connectivity index (χ4v) is 3.12. The number of aromatic nitrogens is 2. The summed E-state index contributed by atoms with van der Waals surface area (Å²) < 4.78 is 1.68. The smallest absolute Gasteiger partial charge is 0.237 e. The SMILES string of the molecule is CC(Sc1cnn(C)c1)C(=O)Nc1c(N)cc(Cl)cc1Cl. The number of anilines is 2. The van der Waals surface area contributed by atoms with E-state index >= 15 is 0 Å². The van der Waals surface area contributed by atoms with Gasteiger partial charge in [0.05, 0.1) is 27.8 Å². The number of carbonyl (C=O) groups excluding carboxylic acids is 1. The van der Waals surface area contributed by atoms with Gasteiger partial charge in [-0.3, -0.25) is 9.48 Å². The highest BCUT2D eigenvalue weighted by atomic mass is 35.5. The molecule has 2 rings (SSSR count). The minimum absolute atomic E-state index is 0.195. The first-order chi connectivity index (χ1) is 9.86. The molecule has 1 unspecified atom stereocenters. The van der Waals surface area contributed by atoms with Crippen molar-refractivity contribution < 1.29 is 4.79 Å². The van der Waals surface area contributed by atoms with Crippen molar-refractivity contribution in [2.45, 2.75) is 17.1 Å². The third kappa shape index (κ3) is 4.06. The Balaban J connectivity index is 2.07. The van der Waals surface area contributed by atoms with Gasteiger partial charge in [-0.25, -0.2) is 0 Å². The quantitative estimate of drug-likeness (QED) is 0.658. The Bertz CT molecular complexity index is 651. The van der Waals surface area contributed by atoms with Gasteiger partial charge in [0.1, 0.15) is 0 Å². The van der Waals surface area contributed by atoms with Crippen LogP contribution in [0.2, 0.25) is 10.0 Å². The molecule has 0 fully saturated rings. The number of amides is 1. The molecular formula is C13H14Cl2N4OS. The first kappa shape index (κ1) is 16.0. The second-order valence-corrected chi connectivity index (χ2v) is 6.71. The van der Waals surface area contributed by atoms with Crippen LogP contribution >= 0.6 is 35.0 Å². The molecular weight excluding hydrogens is 331 g/mol. The lowest BCUT2D eigenvalue weighted by molar-refractivity contribution is -0.115. The maximum Gasteiger partial charge on any atom is 0.237 e. The van der Waals surface area contributed by atoms with E-state index in [1.54, 1.807) is 23.9 Å². The van der Waals surface area contributed by atoms with E-state index in [0.29, 0.717) is 21.4 Å². The summed E-state index contributed by atoms with van der Waals surface area (Å²) in [7, 11) is 1.82. The Morgan fingerprint density at radius 1 is 1.48 bits per heavy atom. The standard InChI is InChI=1S/C13H14Cl2N4OS/c1-7(21-9-5-17-19(2)6-9)13(20)18-12-10(15)3-8(14)4-11(12)16/h3-7H,16H2,1-2H3,(H,18,20). The van der Waals surface area contributed by atoms with Crippen molar-refractivity contribution in [2.75, 3.05) is 11.1 Å². The van der Waals surface area contributed by atoms with Crippen molar-refractivity contribution >= 4 is 52.2 Å². The maximum atomic E-state index is 12.2. The number of nitrogens with one attached hydrogen (secondary N) is 1. The second-order valence-electron chi connectivity index (χ2n) is 4.45. The zero-order valence-corrected chi connectivity index (χ0v) is 13.8. The van der Waals surface area contributed by atoms with E-state index in [1.165, 1.54) is 17.8 Å². The lowest BCUT2D eigenvalue weighted by Gasteiger charge is -2.14. The Hall–Kier alpha value is -1.37. The first-order valence-corrected chi connectivity index (χ1v) is 7.71. The van der Waals surface area contributed by atoms with Crippen LogP contribution in [0.4, 0.5) is 11.4 Å². The van der Waals surface area contributed by atoms with Crippen LogP contribution in [0.25, 0.3) is 0 Å². The minimum Gasteiger partial charge on any atom is -0.397 e. The summed E-state index contributed by atoms with van der Waals surface area (Å²) >= 11 is 13.3. The molecule has 1 aromatic carbocycles. The zero-order valence-electron chi connectivity index (χ0n) is 11.4. The average Bonchev–Trinajstić information content (AvgIpc) is 2.78. The zero-order chi connectivity index (χ0) is 15.6. The Morgan fingerprint density at radius 2 is 2.19 bits per heavy atom. The average molecular weight is 345 g/mol. The maximum absolute atomic E-state index is 12.2. The van der Waals surface area contributed by atoms with Gasteiger partial charge in [-0.2, -0.15) is 5.10 Å². The molecule has 0 aliphatic heterocycles. The van der Waals surface area contributed by atoms with Gasteiger partial charge in [0.15, 0.2) is 0 Å². The van der Waals surface area contributed by atoms with E-state index in [4.69, 9.17) is 28.9 Å². The van der Waals surface area contributed by atoms with Crippen LogP contribution in [-0.2, 0) is 11.8 Å². The van der Waals surface area contributed by atoms with E-state index < -0.39 is 0 Å². The molecule has 0 aliphatic rings. The molecule has 3 N–H and O–H groups in total. The lowest BCUT2D eigenvalue weighted by atomic mass is 10.2. The number of benzene rings is 1. The fourth-order valence-electron chi connectivity index (χ4n) is 1.67. The van der Waals surface area contributed by atoms with E-state index in [2.05, 4.69) is 10.4 Å².